The number of amides is 1. The number of benzene rings is 1. The van der Waals surface area contributed by atoms with Crippen LogP contribution in [0.4, 0.5) is 0 Å². The molecule has 128 valence electrons. The Morgan fingerprint density at radius 2 is 1.92 bits per heavy atom. The minimum atomic E-state index is -0.731. The Hall–Kier alpha value is -1.84. The number of aliphatic carboxylic acids is 1. The van der Waals surface area contributed by atoms with Crippen molar-refractivity contribution < 1.29 is 14.7 Å². The van der Waals surface area contributed by atoms with E-state index in [2.05, 4.69) is 24.3 Å². The van der Waals surface area contributed by atoms with Crippen molar-refractivity contribution in [1.29, 1.82) is 0 Å². The summed E-state index contributed by atoms with van der Waals surface area (Å²) in [6, 6.07) is 8.46. The number of aryl methyl sites for hydroxylation is 1. The van der Waals surface area contributed by atoms with Crippen molar-refractivity contribution in [2.24, 2.45) is 17.8 Å². The lowest BCUT2D eigenvalue weighted by atomic mass is 9.81. The van der Waals surface area contributed by atoms with Crippen molar-refractivity contribution in [1.82, 2.24) is 4.90 Å². The summed E-state index contributed by atoms with van der Waals surface area (Å²) in [7, 11) is 0. The second-order valence-corrected chi connectivity index (χ2v) is 7.74. The van der Waals surface area contributed by atoms with Crippen LogP contribution in [0.2, 0.25) is 0 Å². The molecule has 0 bridgehead atoms. The van der Waals surface area contributed by atoms with Crippen molar-refractivity contribution in [2.45, 2.75) is 44.4 Å². The van der Waals surface area contributed by atoms with Crippen molar-refractivity contribution in [3.63, 3.8) is 0 Å². The summed E-state index contributed by atoms with van der Waals surface area (Å²) < 4.78 is 0. The second-order valence-electron chi connectivity index (χ2n) is 7.74. The Balaban J connectivity index is 1.45. The third kappa shape index (κ3) is 2.94. The summed E-state index contributed by atoms with van der Waals surface area (Å²) in [6.07, 6.45) is 6.09. The van der Waals surface area contributed by atoms with Crippen molar-refractivity contribution in [2.75, 3.05) is 13.1 Å². The zero-order chi connectivity index (χ0) is 16.7. The molecule has 2 aliphatic carbocycles. The maximum absolute atomic E-state index is 12.8. The van der Waals surface area contributed by atoms with Gasteiger partial charge in [-0.15, -0.1) is 0 Å². The fraction of sp³-hybridized carbons (Fsp3) is 0.600. The zero-order valence-corrected chi connectivity index (χ0v) is 14.0. The molecule has 1 saturated heterocycles. The van der Waals surface area contributed by atoms with Gasteiger partial charge in [0.05, 0.1) is 5.92 Å². The highest BCUT2D eigenvalue weighted by Crippen LogP contribution is 2.44. The van der Waals surface area contributed by atoms with Gasteiger partial charge in [-0.3, -0.25) is 9.59 Å². The molecule has 24 heavy (non-hydrogen) atoms. The topological polar surface area (TPSA) is 57.6 Å². The van der Waals surface area contributed by atoms with Gasteiger partial charge in [-0.05, 0) is 61.0 Å². The molecule has 1 saturated carbocycles. The molecule has 1 aromatic carbocycles. The van der Waals surface area contributed by atoms with Gasteiger partial charge in [0.1, 0.15) is 0 Å². The fourth-order valence-corrected chi connectivity index (χ4v) is 4.70. The highest BCUT2D eigenvalue weighted by Gasteiger charge is 2.46. The molecule has 1 amide bonds. The Labute approximate surface area is 142 Å². The molecule has 4 rings (SSSR count). The first-order chi connectivity index (χ1) is 11.6. The molecule has 4 heteroatoms. The quantitative estimate of drug-likeness (QED) is 0.924. The molecule has 1 aliphatic heterocycles. The highest BCUT2D eigenvalue weighted by atomic mass is 16.4. The fourth-order valence-electron chi connectivity index (χ4n) is 4.70. The molecule has 2 fully saturated rings. The van der Waals surface area contributed by atoms with Gasteiger partial charge in [0, 0.05) is 19.5 Å². The van der Waals surface area contributed by atoms with Crippen LogP contribution in [-0.2, 0) is 16.0 Å². The largest absolute Gasteiger partial charge is 0.481 e. The molecule has 1 aromatic rings. The Morgan fingerprint density at radius 3 is 2.67 bits per heavy atom. The number of nitrogens with zero attached hydrogens (tertiary/aromatic N) is 1. The molecule has 0 radical (unpaired) electrons. The normalized spacial score (nSPS) is 29.3. The molecule has 0 spiro atoms. The molecule has 1 unspecified atom stereocenters. The zero-order valence-electron chi connectivity index (χ0n) is 14.0. The second kappa shape index (κ2) is 6.23. The van der Waals surface area contributed by atoms with E-state index in [0.717, 1.165) is 32.1 Å². The molecule has 4 nitrogen and oxygen atoms in total. The predicted octanol–water partition coefficient (Wildman–Crippen LogP) is 3.07. The summed E-state index contributed by atoms with van der Waals surface area (Å²) >= 11 is 0. The van der Waals surface area contributed by atoms with Gasteiger partial charge in [0.2, 0.25) is 5.91 Å². The lowest BCUT2D eigenvalue weighted by Crippen LogP contribution is -2.31. The Kier molecular flexibility index (Phi) is 4.07. The lowest BCUT2D eigenvalue weighted by molar-refractivity contribution is -0.142. The van der Waals surface area contributed by atoms with Crippen molar-refractivity contribution >= 4 is 11.9 Å². The summed E-state index contributed by atoms with van der Waals surface area (Å²) in [4.78, 5) is 26.2. The van der Waals surface area contributed by atoms with E-state index in [9.17, 15) is 14.7 Å². The molecule has 3 atom stereocenters. The smallest absolute Gasteiger partial charge is 0.308 e. The summed E-state index contributed by atoms with van der Waals surface area (Å²) in [5.41, 5.74) is 2.70. The highest BCUT2D eigenvalue weighted by molar-refractivity contribution is 5.80. The number of carbonyl (C=O) groups excluding carboxylic acids is 1. The molecule has 3 aliphatic rings. The van der Waals surface area contributed by atoms with Crippen LogP contribution in [-0.4, -0.2) is 35.0 Å². The predicted molar refractivity (Wildman–Crippen MR) is 90.7 cm³/mol. The van der Waals surface area contributed by atoms with E-state index in [1.54, 1.807) is 0 Å². The van der Waals surface area contributed by atoms with Crippen LogP contribution in [0.3, 0.4) is 0 Å². The van der Waals surface area contributed by atoms with E-state index in [4.69, 9.17) is 0 Å². The average molecular weight is 327 g/mol. The number of fused-ring (bicyclic) bond motifs is 1. The summed E-state index contributed by atoms with van der Waals surface area (Å²) in [5.74, 6) is 0.0477. The van der Waals surface area contributed by atoms with Crippen LogP contribution in [0.15, 0.2) is 24.3 Å². The van der Waals surface area contributed by atoms with Crippen LogP contribution in [0.25, 0.3) is 0 Å². The van der Waals surface area contributed by atoms with Gasteiger partial charge in [0.25, 0.3) is 0 Å². The Morgan fingerprint density at radius 1 is 1.12 bits per heavy atom. The van der Waals surface area contributed by atoms with Gasteiger partial charge in [-0.25, -0.2) is 0 Å². The summed E-state index contributed by atoms with van der Waals surface area (Å²) in [5, 5.41) is 9.47. The lowest BCUT2D eigenvalue weighted by Gasteiger charge is -2.27. The first-order valence-corrected chi connectivity index (χ1v) is 9.22. The van der Waals surface area contributed by atoms with Gasteiger partial charge in [0.15, 0.2) is 0 Å². The van der Waals surface area contributed by atoms with E-state index in [1.807, 2.05) is 4.90 Å². The van der Waals surface area contributed by atoms with Crippen LogP contribution in [0, 0.1) is 17.8 Å². The Bertz CT molecular complexity index is 652. The number of carboxylic acids is 1. The number of carbonyl (C=O) groups is 2. The van der Waals surface area contributed by atoms with Crippen LogP contribution >= 0.6 is 0 Å². The van der Waals surface area contributed by atoms with Gasteiger partial charge in [-0.1, -0.05) is 24.3 Å². The number of carboxylic acid groups (broad SMARTS) is 1. The van der Waals surface area contributed by atoms with E-state index in [1.165, 1.54) is 11.1 Å². The third-order valence-electron chi connectivity index (χ3n) is 6.18. The van der Waals surface area contributed by atoms with E-state index in [-0.39, 0.29) is 17.7 Å². The number of likely N-dealkylation sites (tertiary alicyclic amines) is 1. The summed E-state index contributed by atoms with van der Waals surface area (Å²) in [6.45, 7) is 1.05. The number of hydrogen-bond donors (Lipinski definition) is 1. The number of hydrogen-bond acceptors (Lipinski definition) is 2. The molecular formula is C20H25NO3. The molecule has 0 aromatic heterocycles. The maximum Gasteiger partial charge on any atom is 0.308 e. The monoisotopic (exact) mass is 327 g/mol. The van der Waals surface area contributed by atoms with E-state index >= 15 is 0 Å². The average Bonchev–Trinajstić information content (AvgIpc) is 3.33. The van der Waals surface area contributed by atoms with E-state index < -0.39 is 5.97 Å². The molecule has 1 N–H and O–H groups in total. The van der Waals surface area contributed by atoms with E-state index in [0.29, 0.717) is 31.3 Å². The first-order valence-electron chi connectivity index (χ1n) is 9.22. The SMILES string of the molecule is O=C(O)[C@H]1CN(C(=O)CC2CCCc3ccccc32)C[C@@H]1C1CC1. The van der Waals surface area contributed by atoms with Gasteiger partial charge in [-0.2, -0.15) is 0 Å². The van der Waals surface area contributed by atoms with Gasteiger partial charge >= 0.3 is 5.97 Å². The number of rotatable bonds is 4. The molecule has 1 heterocycles. The molecular weight excluding hydrogens is 302 g/mol. The van der Waals surface area contributed by atoms with Crippen LogP contribution < -0.4 is 0 Å². The third-order valence-corrected chi connectivity index (χ3v) is 6.18. The van der Waals surface area contributed by atoms with Crippen LogP contribution in [0.5, 0.6) is 0 Å². The van der Waals surface area contributed by atoms with Crippen molar-refractivity contribution in [3.8, 4) is 0 Å². The van der Waals surface area contributed by atoms with Crippen LogP contribution in [0.1, 0.15) is 49.1 Å². The first kappa shape index (κ1) is 15.7. The minimum absolute atomic E-state index is 0.145. The van der Waals surface area contributed by atoms with Gasteiger partial charge < -0.3 is 10.0 Å². The maximum atomic E-state index is 12.8. The van der Waals surface area contributed by atoms with Crippen molar-refractivity contribution in [3.05, 3.63) is 35.4 Å². The standard InChI is InChI=1S/C20H25NO3/c22-19(10-15-6-3-5-13-4-1-2-7-16(13)15)21-11-17(14-8-9-14)18(12-21)20(23)24/h1-2,4,7,14-15,17-18H,3,5-6,8-12H2,(H,23,24)/t15?,17-,18+/m1/s1. The minimum Gasteiger partial charge on any atom is -0.481 e.